The minimum absolute atomic E-state index is 0.0252. The number of ether oxygens (including phenoxy) is 2. The molecule has 0 radical (unpaired) electrons. The zero-order valence-corrected chi connectivity index (χ0v) is 10.2. The Hall–Kier alpha value is -0.0800. The fourth-order valence-corrected chi connectivity index (χ4v) is 1.45. The first-order valence-electron chi connectivity index (χ1n) is 5.93. The molecular weight excluding hydrogens is 176 g/mol. The topological polar surface area (TPSA) is 18.5 Å². The van der Waals surface area contributed by atoms with E-state index in [1.165, 1.54) is 19.3 Å². The molecule has 0 spiro atoms. The summed E-state index contributed by atoms with van der Waals surface area (Å²) in [5.74, 6) is 0.813. The number of hydrogen-bond donors (Lipinski definition) is 0. The van der Waals surface area contributed by atoms with Gasteiger partial charge in [0.25, 0.3) is 0 Å². The van der Waals surface area contributed by atoms with Crippen molar-refractivity contribution >= 4 is 0 Å². The summed E-state index contributed by atoms with van der Waals surface area (Å²) in [5.41, 5.74) is 0. The molecule has 0 aliphatic heterocycles. The van der Waals surface area contributed by atoms with Crippen LogP contribution in [0, 0.1) is 5.92 Å². The van der Waals surface area contributed by atoms with Gasteiger partial charge in [-0.05, 0) is 32.6 Å². The van der Waals surface area contributed by atoms with E-state index in [0.717, 1.165) is 25.6 Å². The molecule has 0 fully saturated rings. The third kappa shape index (κ3) is 8.52. The van der Waals surface area contributed by atoms with Gasteiger partial charge >= 0.3 is 0 Å². The Kier molecular flexibility index (Phi) is 9.42. The summed E-state index contributed by atoms with van der Waals surface area (Å²) < 4.78 is 10.9. The summed E-state index contributed by atoms with van der Waals surface area (Å²) in [5, 5.41) is 0. The molecule has 14 heavy (non-hydrogen) atoms. The molecule has 0 atom stereocenters. The molecule has 0 saturated heterocycles. The van der Waals surface area contributed by atoms with Gasteiger partial charge in [-0.1, -0.05) is 26.7 Å². The maximum atomic E-state index is 5.47. The molecule has 0 rings (SSSR count). The summed E-state index contributed by atoms with van der Waals surface area (Å²) in [6.45, 7) is 10.1. The number of hydrogen-bond acceptors (Lipinski definition) is 2. The molecule has 0 N–H and O–H groups in total. The number of unbranched alkanes of at least 4 members (excludes halogenated alkanes) is 1. The lowest BCUT2D eigenvalue weighted by Gasteiger charge is -2.16. The van der Waals surface area contributed by atoms with E-state index in [1.807, 2.05) is 13.8 Å². The van der Waals surface area contributed by atoms with Crippen LogP contribution < -0.4 is 0 Å². The minimum Gasteiger partial charge on any atom is -0.353 e. The smallest absolute Gasteiger partial charge is 0.157 e. The van der Waals surface area contributed by atoms with E-state index in [2.05, 4.69) is 13.8 Å². The van der Waals surface area contributed by atoms with Gasteiger partial charge in [-0.25, -0.2) is 0 Å². The predicted molar refractivity (Wildman–Crippen MR) is 60.3 cm³/mol. The van der Waals surface area contributed by atoms with Gasteiger partial charge in [0.15, 0.2) is 6.29 Å². The van der Waals surface area contributed by atoms with Crippen LogP contribution in [0.25, 0.3) is 0 Å². The van der Waals surface area contributed by atoms with Crippen molar-refractivity contribution in [2.45, 2.75) is 59.7 Å². The third-order valence-corrected chi connectivity index (χ3v) is 2.18. The maximum absolute atomic E-state index is 5.47. The predicted octanol–water partition coefficient (Wildman–Crippen LogP) is 3.60. The fraction of sp³-hybridized carbons (Fsp3) is 1.00. The van der Waals surface area contributed by atoms with Gasteiger partial charge in [-0.15, -0.1) is 0 Å². The van der Waals surface area contributed by atoms with E-state index < -0.39 is 0 Å². The molecule has 0 aliphatic rings. The van der Waals surface area contributed by atoms with E-state index in [-0.39, 0.29) is 6.29 Å². The summed E-state index contributed by atoms with van der Waals surface area (Å²) >= 11 is 0. The molecule has 0 unspecified atom stereocenters. The van der Waals surface area contributed by atoms with E-state index in [4.69, 9.17) is 9.47 Å². The Labute approximate surface area is 89.0 Å². The molecule has 2 heteroatoms. The largest absolute Gasteiger partial charge is 0.353 e. The van der Waals surface area contributed by atoms with Crippen LogP contribution in [0.15, 0.2) is 0 Å². The van der Waals surface area contributed by atoms with E-state index in [1.54, 1.807) is 0 Å². The van der Waals surface area contributed by atoms with Crippen LogP contribution in [0.5, 0.6) is 0 Å². The lowest BCUT2D eigenvalue weighted by atomic mass is 10.1. The molecule has 0 aliphatic carbocycles. The second-order valence-electron chi connectivity index (χ2n) is 4.02. The third-order valence-electron chi connectivity index (χ3n) is 2.18. The molecular formula is C12H26O2. The molecule has 2 nitrogen and oxygen atoms in total. The lowest BCUT2D eigenvalue weighted by molar-refractivity contribution is -0.140. The lowest BCUT2D eigenvalue weighted by Crippen LogP contribution is -2.17. The van der Waals surface area contributed by atoms with Crippen LogP contribution in [0.2, 0.25) is 0 Å². The van der Waals surface area contributed by atoms with Crippen LogP contribution in [-0.2, 0) is 9.47 Å². The molecule has 0 aromatic carbocycles. The standard InChI is InChI=1S/C12H26O2/c1-5-13-12(14-6-2)10-8-7-9-11(3)4/h11-12H,5-10H2,1-4H3. The first-order chi connectivity index (χ1) is 6.70. The van der Waals surface area contributed by atoms with Crippen molar-refractivity contribution in [2.24, 2.45) is 5.92 Å². The molecule has 0 amide bonds. The Morgan fingerprint density at radius 2 is 1.36 bits per heavy atom. The summed E-state index contributed by atoms with van der Waals surface area (Å²) in [6, 6.07) is 0. The van der Waals surface area contributed by atoms with Gasteiger partial charge in [-0.3, -0.25) is 0 Å². The second-order valence-corrected chi connectivity index (χ2v) is 4.02. The van der Waals surface area contributed by atoms with Crippen LogP contribution in [0.1, 0.15) is 53.4 Å². The van der Waals surface area contributed by atoms with Gasteiger partial charge in [0.1, 0.15) is 0 Å². The van der Waals surface area contributed by atoms with Crippen molar-refractivity contribution < 1.29 is 9.47 Å². The van der Waals surface area contributed by atoms with Crippen molar-refractivity contribution in [2.75, 3.05) is 13.2 Å². The van der Waals surface area contributed by atoms with Crippen LogP contribution in [-0.4, -0.2) is 19.5 Å². The van der Waals surface area contributed by atoms with Gasteiger partial charge in [0, 0.05) is 13.2 Å². The highest BCUT2D eigenvalue weighted by atomic mass is 16.7. The maximum Gasteiger partial charge on any atom is 0.157 e. The summed E-state index contributed by atoms with van der Waals surface area (Å²) in [6.07, 6.45) is 4.87. The van der Waals surface area contributed by atoms with Crippen LogP contribution >= 0.6 is 0 Å². The van der Waals surface area contributed by atoms with Crippen LogP contribution in [0.3, 0.4) is 0 Å². The van der Waals surface area contributed by atoms with Crippen molar-refractivity contribution in [3.05, 3.63) is 0 Å². The second kappa shape index (κ2) is 9.47. The average Bonchev–Trinajstić information content (AvgIpc) is 2.12. The van der Waals surface area contributed by atoms with E-state index >= 15 is 0 Å². The van der Waals surface area contributed by atoms with E-state index in [9.17, 15) is 0 Å². The first kappa shape index (κ1) is 13.9. The van der Waals surface area contributed by atoms with Crippen LogP contribution in [0.4, 0.5) is 0 Å². The molecule has 0 aromatic heterocycles. The quantitative estimate of drug-likeness (QED) is 0.420. The Morgan fingerprint density at radius 1 is 0.857 bits per heavy atom. The van der Waals surface area contributed by atoms with Crippen molar-refractivity contribution in [1.29, 1.82) is 0 Å². The highest BCUT2D eigenvalue weighted by molar-refractivity contribution is 4.50. The SMILES string of the molecule is CCOC(CCCCC(C)C)OCC. The fourth-order valence-electron chi connectivity index (χ4n) is 1.45. The van der Waals surface area contributed by atoms with Crippen molar-refractivity contribution in [1.82, 2.24) is 0 Å². The monoisotopic (exact) mass is 202 g/mol. The molecule has 0 heterocycles. The van der Waals surface area contributed by atoms with E-state index in [0.29, 0.717) is 0 Å². The Bertz CT molecular complexity index is 107. The molecule has 0 bridgehead atoms. The molecule has 86 valence electrons. The van der Waals surface area contributed by atoms with Crippen molar-refractivity contribution in [3.63, 3.8) is 0 Å². The normalized spacial score (nSPS) is 11.6. The first-order valence-corrected chi connectivity index (χ1v) is 5.93. The highest BCUT2D eigenvalue weighted by Crippen LogP contribution is 2.11. The van der Waals surface area contributed by atoms with Crippen molar-refractivity contribution in [3.8, 4) is 0 Å². The molecule has 0 aromatic rings. The Morgan fingerprint density at radius 3 is 1.79 bits per heavy atom. The zero-order chi connectivity index (χ0) is 10.8. The van der Waals surface area contributed by atoms with Gasteiger partial charge in [0.2, 0.25) is 0 Å². The summed E-state index contributed by atoms with van der Waals surface area (Å²) in [4.78, 5) is 0. The van der Waals surface area contributed by atoms with Gasteiger partial charge < -0.3 is 9.47 Å². The summed E-state index contributed by atoms with van der Waals surface area (Å²) in [7, 11) is 0. The number of rotatable bonds is 9. The highest BCUT2D eigenvalue weighted by Gasteiger charge is 2.06. The Balaban J connectivity index is 3.40. The minimum atomic E-state index is 0.0252. The average molecular weight is 202 g/mol. The van der Waals surface area contributed by atoms with Gasteiger partial charge in [-0.2, -0.15) is 0 Å². The van der Waals surface area contributed by atoms with Gasteiger partial charge in [0.05, 0.1) is 0 Å². The zero-order valence-electron chi connectivity index (χ0n) is 10.2. The molecule has 0 saturated carbocycles.